The van der Waals surface area contributed by atoms with Gasteiger partial charge in [0, 0.05) is 31.9 Å². The Bertz CT molecular complexity index is 840. The van der Waals surface area contributed by atoms with Crippen molar-refractivity contribution in [1.29, 1.82) is 0 Å². The first-order valence-electron chi connectivity index (χ1n) is 8.83. The van der Waals surface area contributed by atoms with Crippen molar-refractivity contribution in [2.75, 3.05) is 24.8 Å². The lowest BCUT2D eigenvalue weighted by Gasteiger charge is -2.39. The number of hydrogen-bond donors (Lipinski definition) is 1. The van der Waals surface area contributed by atoms with Gasteiger partial charge in [0.1, 0.15) is 24.0 Å². The standard InChI is InChI=1S/C18H25N7/c1-5-15-21-13(4)9-25(15)23-10-14-7-20-17-16(19)12(3)8-22(6-2)18(17)24(14)11-23/h7,9-10H,5-6,8,11,19H2,1-4H3. The first kappa shape index (κ1) is 15.8. The van der Waals surface area contributed by atoms with Crippen LogP contribution >= 0.6 is 0 Å². The molecule has 0 aromatic carbocycles. The fourth-order valence-electron chi connectivity index (χ4n) is 3.65. The molecule has 1 aromatic heterocycles. The van der Waals surface area contributed by atoms with Crippen LogP contribution in [-0.4, -0.2) is 45.4 Å². The molecule has 0 atom stereocenters. The van der Waals surface area contributed by atoms with Gasteiger partial charge in [0.2, 0.25) is 0 Å². The molecule has 0 saturated heterocycles. The Morgan fingerprint density at radius 1 is 1.24 bits per heavy atom. The number of aromatic nitrogens is 2. The third-order valence-electron chi connectivity index (χ3n) is 4.97. The number of fused-ring (bicyclic) bond motifs is 2. The summed E-state index contributed by atoms with van der Waals surface area (Å²) < 4.78 is 2.14. The second-order valence-electron chi connectivity index (χ2n) is 6.70. The van der Waals surface area contributed by atoms with E-state index in [-0.39, 0.29) is 0 Å². The molecule has 0 bridgehead atoms. The van der Waals surface area contributed by atoms with Gasteiger partial charge in [-0.1, -0.05) is 6.92 Å². The van der Waals surface area contributed by atoms with Crippen molar-refractivity contribution < 1.29 is 0 Å². The van der Waals surface area contributed by atoms with Crippen LogP contribution < -0.4 is 10.7 Å². The van der Waals surface area contributed by atoms with E-state index < -0.39 is 0 Å². The van der Waals surface area contributed by atoms with Gasteiger partial charge in [-0.3, -0.25) is 5.01 Å². The molecular weight excluding hydrogens is 314 g/mol. The Hall–Kier alpha value is -2.70. The zero-order chi connectivity index (χ0) is 17.7. The van der Waals surface area contributed by atoms with E-state index in [2.05, 4.69) is 62.6 Å². The molecular formula is C18H25N7. The van der Waals surface area contributed by atoms with E-state index in [4.69, 9.17) is 5.73 Å². The van der Waals surface area contributed by atoms with Gasteiger partial charge in [-0.05, 0) is 26.3 Å². The van der Waals surface area contributed by atoms with Crippen LogP contribution in [0.4, 0.5) is 0 Å². The van der Waals surface area contributed by atoms with Crippen molar-refractivity contribution in [3.05, 3.63) is 52.4 Å². The van der Waals surface area contributed by atoms with Crippen LogP contribution in [0, 0.1) is 6.92 Å². The minimum absolute atomic E-state index is 0.728. The summed E-state index contributed by atoms with van der Waals surface area (Å²) in [6.07, 6.45) is 7.01. The molecule has 4 rings (SSSR count). The SMILES string of the molecule is CCc1nc(C)cn1N1C=C2C=NC3=C(N(CC)CC(C)=C3N)N2C1. The fraction of sp³-hybridized carbons (Fsp3) is 0.444. The Kier molecular flexibility index (Phi) is 3.59. The summed E-state index contributed by atoms with van der Waals surface area (Å²) in [5, 5.41) is 2.19. The smallest absolute Gasteiger partial charge is 0.139 e. The molecule has 0 aliphatic carbocycles. The van der Waals surface area contributed by atoms with E-state index in [0.29, 0.717) is 0 Å². The highest BCUT2D eigenvalue weighted by Crippen LogP contribution is 2.34. The molecule has 4 heterocycles. The summed E-state index contributed by atoms with van der Waals surface area (Å²) in [7, 11) is 0. The van der Waals surface area contributed by atoms with Gasteiger partial charge in [-0.25, -0.2) is 14.7 Å². The quantitative estimate of drug-likeness (QED) is 0.907. The van der Waals surface area contributed by atoms with Crippen LogP contribution in [0.1, 0.15) is 32.3 Å². The Morgan fingerprint density at radius 2 is 2.04 bits per heavy atom. The third-order valence-corrected chi connectivity index (χ3v) is 4.97. The van der Waals surface area contributed by atoms with Crippen molar-refractivity contribution >= 4 is 6.21 Å². The first-order valence-corrected chi connectivity index (χ1v) is 8.83. The van der Waals surface area contributed by atoms with Crippen LogP contribution in [0.25, 0.3) is 0 Å². The summed E-state index contributed by atoms with van der Waals surface area (Å²) in [5.74, 6) is 2.17. The van der Waals surface area contributed by atoms with Crippen LogP contribution in [-0.2, 0) is 6.42 Å². The number of hydrogen-bond acceptors (Lipinski definition) is 6. The number of imidazole rings is 1. The van der Waals surface area contributed by atoms with Gasteiger partial charge in [0.25, 0.3) is 0 Å². The number of rotatable bonds is 3. The molecule has 0 saturated carbocycles. The number of likely N-dealkylation sites (N-methyl/N-ethyl adjacent to an activating group) is 1. The molecule has 0 unspecified atom stereocenters. The van der Waals surface area contributed by atoms with Gasteiger partial charge in [0.15, 0.2) is 0 Å². The monoisotopic (exact) mass is 339 g/mol. The average molecular weight is 339 g/mol. The predicted octanol–water partition coefficient (Wildman–Crippen LogP) is 1.63. The molecule has 1 aromatic rings. The summed E-state index contributed by atoms with van der Waals surface area (Å²) >= 11 is 0. The van der Waals surface area contributed by atoms with Crippen molar-refractivity contribution in [2.45, 2.75) is 34.1 Å². The van der Waals surface area contributed by atoms with E-state index in [1.54, 1.807) is 0 Å². The maximum Gasteiger partial charge on any atom is 0.139 e. The summed E-state index contributed by atoms with van der Waals surface area (Å²) in [6.45, 7) is 10.9. The average Bonchev–Trinajstić information content (AvgIpc) is 3.20. The molecule has 0 amide bonds. The van der Waals surface area contributed by atoms with Crippen molar-refractivity contribution in [2.24, 2.45) is 10.7 Å². The van der Waals surface area contributed by atoms with E-state index in [9.17, 15) is 0 Å². The molecule has 3 aliphatic rings. The maximum atomic E-state index is 6.33. The van der Waals surface area contributed by atoms with E-state index >= 15 is 0 Å². The lowest BCUT2D eigenvalue weighted by Crippen LogP contribution is -2.44. The molecule has 132 valence electrons. The summed E-state index contributed by atoms with van der Waals surface area (Å²) in [5.41, 5.74) is 11.3. The number of allylic oxidation sites excluding steroid dienone is 1. The minimum Gasteiger partial charge on any atom is -0.397 e. The minimum atomic E-state index is 0.728. The first-order chi connectivity index (χ1) is 12.0. The van der Waals surface area contributed by atoms with E-state index in [1.165, 1.54) is 5.57 Å². The van der Waals surface area contributed by atoms with Gasteiger partial charge in [0.05, 0.1) is 23.3 Å². The summed E-state index contributed by atoms with van der Waals surface area (Å²) in [4.78, 5) is 13.9. The normalized spacial score (nSPS) is 19.7. The maximum absolute atomic E-state index is 6.33. The fourth-order valence-corrected chi connectivity index (χ4v) is 3.65. The molecule has 0 fully saturated rings. The van der Waals surface area contributed by atoms with Gasteiger partial charge in [-0.2, -0.15) is 0 Å². The molecule has 25 heavy (non-hydrogen) atoms. The molecule has 0 spiro atoms. The Balaban J connectivity index is 1.73. The van der Waals surface area contributed by atoms with Crippen molar-refractivity contribution in [3.8, 4) is 0 Å². The van der Waals surface area contributed by atoms with E-state index in [1.807, 2.05) is 13.1 Å². The molecule has 7 nitrogen and oxygen atoms in total. The van der Waals surface area contributed by atoms with Crippen molar-refractivity contribution in [1.82, 2.24) is 19.5 Å². The highest BCUT2D eigenvalue weighted by atomic mass is 15.6. The largest absolute Gasteiger partial charge is 0.397 e. The van der Waals surface area contributed by atoms with Crippen molar-refractivity contribution in [3.63, 3.8) is 0 Å². The summed E-state index contributed by atoms with van der Waals surface area (Å²) in [6, 6.07) is 0. The van der Waals surface area contributed by atoms with Gasteiger partial charge < -0.3 is 15.5 Å². The molecule has 2 N–H and O–H groups in total. The highest BCUT2D eigenvalue weighted by Gasteiger charge is 2.35. The van der Waals surface area contributed by atoms with Gasteiger partial charge in [-0.15, -0.1) is 0 Å². The number of nitrogens with zero attached hydrogens (tertiary/aromatic N) is 6. The molecule has 7 heteroatoms. The third kappa shape index (κ3) is 2.33. The topological polar surface area (TPSA) is 65.9 Å². The second-order valence-corrected chi connectivity index (χ2v) is 6.70. The Labute approximate surface area is 148 Å². The Morgan fingerprint density at radius 3 is 2.76 bits per heavy atom. The molecule has 0 radical (unpaired) electrons. The zero-order valence-electron chi connectivity index (χ0n) is 15.3. The number of aliphatic imine (C=N–C) groups is 1. The number of aryl methyl sites for hydroxylation is 2. The highest BCUT2D eigenvalue weighted by molar-refractivity contribution is 5.83. The lowest BCUT2D eigenvalue weighted by atomic mass is 10.1. The predicted molar refractivity (Wildman–Crippen MR) is 99.0 cm³/mol. The molecule has 3 aliphatic heterocycles. The second kappa shape index (κ2) is 5.68. The lowest BCUT2D eigenvalue weighted by molar-refractivity contribution is 0.261. The van der Waals surface area contributed by atoms with Crippen LogP contribution in [0.15, 0.2) is 45.9 Å². The van der Waals surface area contributed by atoms with Crippen LogP contribution in [0.5, 0.6) is 0 Å². The van der Waals surface area contributed by atoms with Crippen LogP contribution in [0.2, 0.25) is 0 Å². The number of nitrogens with two attached hydrogens (primary N) is 1. The zero-order valence-corrected chi connectivity index (χ0v) is 15.3. The van der Waals surface area contributed by atoms with Crippen LogP contribution in [0.3, 0.4) is 0 Å². The van der Waals surface area contributed by atoms with Gasteiger partial charge >= 0.3 is 0 Å². The van der Waals surface area contributed by atoms with E-state index in [0.717, 1.165) is 60.6 Å².